The predicted octanol–water partition coefficient (Wildman–Crippen LogP) is 6.78. The van der Waals surface area contributed by atoms with Crippen LogP contribution in [0.3, 0.4) is 0 Å². The van der Waals surface area contributed by atoms with Crippen LogP contribution in [0.1, 0.15) is 80.1 Å². The molecule has 0 atom stereocenters. The van der Waals surface area contributed by atoms with Gasteiger partial charge < -0.3 is 0 Å². The minimum Gasteiger partial charge on any atom is -0.107 e. The minimum atomic E-state index is 0.347. The van der Waals surface area contributed by atoms with Gasteiger partial charge in [-0.15, -0.1) is 7.92 Å². The molecule has 0 fully saturated rings. The molecule has 0 rings (SSSR count). The fraction of sp³-hybridized carbons (Fsp3) is 1.00. The summed E-state index contributed by atoms with van der Waals surface area (Å²) in [5.74, 6) is 2.68. The van der Waals surface area contributed by atoms with Crippen molar-refractivity contribution in [1.29, 1.82) is 0 Å². The molecule has 0 N–H and O–H groups in total. The zero-order valence-corrected chi connectivity index (χ0v) is 15.4. The van der Waals surface area contributed by atoms with Crippen LogP contribution in [0.5, 0.6) is 0 Å². The van der Waals surface area contributed by atoms with E-state index >= 15 is 0 Å². The summed E-state index contributed by atoms with van der Waals surface area (Å²) >= 11 is 0. The van der Waals surface area contributed by atoms with Crippen molar-refractivity contribution in [3.8, 4) is 0 Å². The number of hydrogen-bond donors (Lipinski definition) is 0. The van der Waals surface area contributed by atoms with E-state index in [2.05, 4.69) is 41.5 Å². The number of hydrogen-bond acceptors (Lipinski definition) is 0. The maximum Gasteiger partial charge on any atom is -0.0326 e. The second kappa shape index (κ2) is 12.2. The van der Waals surface area contributed by atoms with Crippen LogP contribution in [0.2, 0.25) is 0 Å². The summed E-state index contributed by atoms with van der Waals surface area (Å²) in [5.41, 5.74) is 0. The lowest BCUT2D eigenvalue weighted by atomic mass is 10.1. The highest BCUT2D eigenvalue weighted by atomic mass is 31.1. The Kier molecular flexibility index (Phi) is 12.5. The third-order valence-electron chi connectivity index (χ3n) is 3.77. The van der Waals surface area contributed by atoms with E-state index in [1.165, 1.54) is 38.5 Å². The highest BCUT2D eigenvalue weighted by Crippen LogP contribution is 2.39. The Morgan fingerprint density at radius 3 is 1.00 bits per heavy atom. The Bertz CT molecular complexity index is 151. The van der Waals surface area contributed by atoms with Gasteiger partial charge in [0.05, 0.1) is 0 Å². The Morgan fingerprint density at radius 2 is 0.789 bits per heavy atom. The van der Waals surface area contributed by atoms with Crippen LogP contribution >= 0.6 is 7.92 Å². The smallest absolute Gasteiger partial charge is 0.0326 e. The van der Waals surface area contributed by atoms with E-state index in [4.69, 9.17) is 0 Å². The quantitative estimate of drug-likeness (QED) is 0.347. The molecule has 0 saturated heterocycles. The van der Waals surface area contributed by atoms with Gasteiger partial charge in [0.1, 0.15) is 0 Å². The van der Waals surface area contributed by atoms with E-state index in [9.17, 15) is 0 Å². The van der Waals surface area contributed by atoms with E-state index in [1.54, 1.807) is 18.5 Å². The van der Waals surface area contributed by atoms with Gasteiger partial charge in [0.15, 0.2) is 0 Å². The van der Waals surface area contributed by atoms with Gasteiger partial charge in [0, 0.05) is 0 Å². The van der Waals surface area contributed by atoms with Crippen molar-refractivity contribution >= 4 is 7.92 Å². The number of rotatable bonds is 12. The Hall–Kier alpha value is 0.430. The standard InChI is InChI=1S/C18H39P/c1-16(2)10-7-13-19(14-8-11-17(3)4)15-9-12-18(5)6/h16-18H,7-15H2,1-6H3. The molecule has 0 aromatic carbocycles. The highest BCUT2D eigenvalue weighted by Gasteiger charge is 2.09. The molecule has 0 bridgehead atoms. The lowest BCUT2D eigenvalue weighted by Gasteiger charge is -2.19. The van der Waals surface area contributed by atoms with Gasteiger partial charge in [-0.2, -0.15) is 0 Å². The van der Waals surface area contributed by atoms with Gasteiger partial charge in [-0.3, -0.25) is 0 Å². The molecule has 0 unspecified atom stereocenters. The molecule has 0 radical (unpaired) electrons. The van der Waals surface area contributed by atoms with E-state index in [0.717, 1.165) is 17.8 Å². The van der Waals surface area contributed by atoms with E-state index in [-0.39, 0.29) is 0 Å². The Morgan fingerprint density at radius 1 is 0.526 bits per heavy atom. The van der Waals surface area contributed by atoms with Crippen LogP contribution < -0.4 is 0 Å². The summed E-state index contributed by atoms with van der Waals surface area (Å²) in [5, 5.41) is 0. The Labute approximate surface area is 124 Å². The largest absolute Gasteiger partial charge is 0.107 e. The molecule has 0 heterocycles. The average molecular weight is 286 g/mol. The first-order valence-electron chi connectivity index (χ1n) is 8.64. The molecule has 0 amide bonds. The molecule has 0 aliphatic heterocycles. The topological polar surface area (TPSA) is 0 Å². The molecule has 0 aliphatic rings. The molecule has 116 valence electrons. The lowest BCUT2D eigenvalue weighted by Crippen LogP contribution is -2.00. The molecule has 0 saturated carbocycles. The second-order valence-corrected chi connectivity index (χ2v) is 10.1. The summed E-state index contributed by atoms with van der Waals surface area (Å²) < 4.78 is 0. The van der Waals surface area contributed by atoms with Gasteiger partial charge in [0.2, 0.25) is 0 Å². The summed E-state index contributed by atoms with van der Waals surface area (Å²) in [7, 11) is 0.347. The third-order valence-corrected chi connectivity index (χ3v) is 6.61. The fourth-order valence-corrected chi connectivity index (χ4v) is 5.07. The van der Waals surface area contributed by atoms with E-state index in [1.807, 2.05) is 0 Å². The van der Waals surface area contributed by atoms with Crippen molar-refractivity contribution in [2.75, 3.05) is 18.5 Å². The fourth-order valence-electron chi connectivity index (χ4n) is 2.50. The van der Waals surface area contributed by atoms with Crippen molar-refractivity contribution in [1.82, 2.24) is 0 Å². The first-order valence-corrected chi connectivity index (χ1v) is 10.5. The van der Waals surface area contributed by atoms with Gasteiger partial charge in [0.25, 0.3) is 0 Å². The van der Waals surface area contributed by atoms with Gasteiger partial charge in [-0.1, -0.05) is 60.8 Å². The maximum atomic E-state index is 2.36. The van der Waals surface area contributed by atoms with Crippen molar-refractivity contribution < 1.29 is 0 Å². The summed E-state index contributed by atoms with van der Waals surface area (Å²) in [4.78, 5) is 0. The third kappa shape index (κ3) is 14.6. The van der Waals surface area contributed by atoms with Crippen LogP contribution in [0.4, 0.5) is 0 Å². The van der Waals surface area contributed by atoms with Gasteiger partial charge >= 0.3 is 0 Å². The molecule has 1 heteroatoms. The Balaban J connectivity index is 3.85. The van der Waals surface area contributed by atoms with Crippen molar-refractivity contribution in [2.45, 2.75) is 80.1 Å². The van der Waals surface area contributed by atoms with Crippen LogP contribution in [-0.2, 0) is 0 Å². The lowest BCUT2D eigenvalue weighted by molar-refractivity contribution is 0.567. The monoisotopic (exact) mass is 286 g/mol. The zero-order chi connectivity index (χ0) is 14.7. The minimum absolute atomic E-state index is 0.347. The average Bonchev–Trinajstić information content (AvgIpc) is 2.26. The molecule has 0 aliphatic carbocycles. The van der Waals surface area contributed by atoms with Crippen LogP contribution in [0.25, 0.3) is 0 Å². The summed E-state index contributed by atoms with van der Waals surface area (Å²) in [6.07, 6.45) is 13.4. The van der Waals surface area contributed by atoms with Gasteiger partial charge in [-0.25, -0.2) is 0 Å². The van der Waals surface area contributed by atoms with Crippen LogP contribution in [-0.4, -0.2) is 18.5 Å². The first-order chi connectivity index (χ1) is 8.91. The predicted molar refractivity (Wildman–Crippen MR) is 93.7 cm³/mol. The zero-order valence-electron chi connectivity index (χ0n) is 14.5. The molecular formula is C18H39P. The second-order valence-electron chi connectivity index (χ2n) is 7.45. The van der Waals surface area contributed by atoms with E-state index in [0.29, 0.717) is 7.92 Å². The van der Waals surface area contributed by atoms with Crippen LogP contribution in [0.15, 0.2) is 0 Å². The molecular weight excluding hydrogens is 247 g/mol. The van der Waals surface area contributed by atoms with E-state index < -0.39 is 0 Å². The first kappa shape index (κ1) is 19.4. The highest BCUT2D eigenvalue weighted by molar-refractivity contribution is 7.57. The normalized spacial score (nSPS) is 12.3. The summed E-state index contributed by atoms with van der Waals surface area (Å²) in [6.45, 7) is 14.2. The molecule has 0 aromatic rings. The molecule has 0 spiro atoms. The van der Waals surface area contributed by atoms with Gasteiger partial charge in [-0.05, 0) is 55.5 Å². The maximum absolute atomic E-state index is 2.36. The molecule has 0 aromatic heterocycles. The summed E-state index contributed by atoms with van der Waals surface area (Å²) in [6, 6.07) is 0. The van der Waals surface area contributed by atoms with Crippen molar-refractivity contribution in [3.05, 3.63) is 0 Å². The molecule has 0 nitrogen and oxygen atoms in total. The van der Waals surface area contributed by atoms with Crippen molar-refractivity contribution in [2.24, 2.45) is 17.8 Å². The SMILES string of the molecule is CC(C)CCCP(CCCC(C)C)CCCC(C)C. The molecule has 19 heavy (non-hydrogen) atoms. The van der Waals surface area contributed by atoms with Crippen molar-refractivity contribution in [3.63, 3.8) is 0 Å². The van der Waals surface area contributed by atoms with Crippen LogP contribution in [0, 0.1) is 17.8 Å².